The number of esters is 3. The van der Waals surface area contributed by atoms with Crippen LogP contribution in [0.3, 0.4) is 0 Å². The van der Waals surface area contributed by atoms with Crippen LogP contribution in [0.25, 0.3) is 0 Å². The largest absolute Gasteiger partial charge is 0.462 e. The predicted octanol–water partition coefficient (Wildman–Crippen LogP) is 19.9. The van der Waals surface area contributed by atoms with E-state index in [-0.39, 0.29) is 31.1 Å². The summed E-state index contributed by atoms with van der Waals surface area (Å²) in [7, 11) is 0. The molecule has 0 aliphatic heterocycles. The fraction of sp³-hybridized carbons (Fsp3) is 0.885. The highest BCUT2D eigenvalue weighted by atomic mass is 16.6. The van der Waals surface area contributed by atoms with Gasteiger partial charge in [-0.2, -0.15) is 0 Å². The zero-order valence-electron chi connectivity index (χ0n) is 45.2. The van der Waals surface area contributed by atoms with Gasteiger partial charge in [-0.05, 0) is 70.6 Å². The molecule has 0 aliphatic rings. The third-order valence-corrected chi connectivity index (χ3v) is 13.4. The summed E-state index contributed by atoms with van der Waals surface area (Å²) in [5, 5.41) is 0. The number of hydrogen-bond acceptors (Lipinski definition) is 6. The Kier molecular flexibility index (Phi) is 54.7. The molecule has 6 nitrogen and oxygen atoms in total. The molecule has 0 radical (unpaired) electrons. The van der Waals surface area contributed by atoms with Crippen molar-refractivity contribution in [1.29, 1.82) is 0 Å². The summed E-state index contributed by atoms with van der Waals surface area (Å²) in [6, 6.07) is 0. The standard InChI is InChI=1S/C61H114O6/c1-4-7-10-13-16-19-22-25-28-29-30-31-34-36-39-42-45-48-51-54-60(63)66-57-58(67-61(64)55-52-49-46-43-40-37-33-27-24-21-18-15-12-9-6-3)56-65-59(62)53-50-47-44-41-38-35-32-26-23-20-17-14-11-8-5-2/h27,29-30,33,58H,4-26,28,31-32,34-57H2,1-3H3/b30-29-,33-27-/t58-/m1/s1. The lowest BCUT2D eigenvalue weighted by Crippen LogP contribution is -2.30. The molecule has 67 heavy (non-hydrogen) atoms. The Balaban J connectivity index is 4.33. The van der Waals surface area contributed by atoms with Gasteiger partial charge in [0.15, 0.2) is 6.10 Å². The highest BCUT2D eigenvalue weighted by molar-refractivity contribution is 5.71. The molecule has 0 aromatic heterocycles. The fourth-order valence-corrected chi connectivity index (χ4v) is 8.91. The number of allylic oxidation sites excluding steroid dienone is 4. The first kappa shape index (κ1) is 64.9. The maximum absolute atomic E-state index is 12.9. The van der Waals surface area contributed by atoms with E-state index in [1.807, 2.05) is 0 Å². The Labute approximate surface area is 417 Å². The summed E-state index contributed by atoms with van der Waals surface area (Å²) in [6.45, 7) is 6.68. The summed E-state index contributed by atoms with van der Waals surface area (Å²) < 4.78 is 16.9. The minimum atomic E-state index is -0.774. The first-order chi connectivity index (χ1) is 33.0. The molecule has 0 saturated heterocycles. The van der Waals surface area contributed by atoms with E-state index in [0.29, 0.717) is 19.3 Å². The molecule has 6 heteroatoms. The number of hydrogen-bond donors (Lipinski definition) is 0. The summed E-state index contributed by atoms with van der Waals surface area (Å²) in [5.74, 6) is -0.863. The fourth-order valence-electron chi connectivity index (χ4n) is 8.91. The number of ether oxygens (including phenoxy) is 3. The van der Waals surface area contributed by atoms with Crippen LogP contribution < -0.4 is 0 Å². The normalized spacial score (nSPS) is 12.1. The van der Waals surface area contributed by atoms with E-state index in [0.717, 1.165) is 64.2 Å². The molecular weight excluding hydrogens is 829 g/mol. The first-order valence-corrected chi connectivity index (χ1v) is 29.8. The molecule has 0 N–H and O–H groups in total. The molecule has 0 bridgehead atoms. The molecule has 0 heterocycles. The van der Waals surface area contributed by atoms with Gasteiger partial charge in [-0.1, -0.05) is 263 Å². The van der Waals surface area contributed by atoms with Crippen LogP contribution in [-0.2, 0) is 28.6 Å². The minimum Gasteiger partial charge on any atom is -0.462 e. The lowest BCUT2D eigenvalue weighted by molar-refractivity contribution is -0.167. The Morgan fingerprint density at radius 3 is 0.746 bits per heavy atom. The van der Waals surface area contributed by atoms with Gasteiger partial charge in [0.25, 0.3) is 0 Å². The Morgan fingerprint density at radius 2 is 0.493 bits per heavy atom. The molecule has 1 atom stereocenters. The van der Waals surface area contributed by atoms with Crippen LogP contribution in [0.1, 0.15) is 329 Å². The van der Waals surface area contributed by atoms with Crippen molar-refractivity contribution >= 4 is 17.9 Å². The molecule has 0 aromatic rings. The number of unbranched alkanes of at least 4 members (excludes halogenated alkanes) is 40. The van der Waals surface area contributed by atoms with Crippen molar-refractivity contribution in [2.24, 2.45) is 0 Å². The average molecular weight is 944 g/mol. The topological polar surface area (TPSA) is 78.9 Å². The monoisotopic (exact) mass is 943 g/mol. The quantitative estimate of drug-likeness (QED) is 0.0262. The van der Waals surface area contributed by atoms with Gasteiger partial charge in [0, 0.05) is 19.3 Å². The number of rotatable bonds is 55. The molecule has 0 aromatic carbocycles. The molecule has 0 rings (SSSR count). The zero-order chi connectivity index (χ0) is 48.6. The van der Waals surface area contributed by atoms with Gasteiger partial charge in [-0.15, -0.1) is 0 Å². The summed E-state index contributed by atoms with van der Waals surface area (Å²) in [4.78, 5) is 38.2. The molecule has 394 valence electrons. The highest BCUT2D eigenvalue weighted by Gasteiger charge is 2.19. The van der Waals surface area contributed by atoms with E-state index in [2.05, 4.69) is 45.1 Å². The van der Waals surface area contributed by atoms with Crippen LogP contribution in [0.5, 0.6) is 0 Å². The van der Waals surface area contributed by atoms with Gasteiger partial charge in [0.2, 0.25) is 0 Å². The second-order valence-electron chi connectivity index (χ2n) is 20.3. The maximum Gasteiger partial charge on any atom is 0.306 e. The molecule has 0 spiro atoms. The minimum absolute atomic E-state index is 0.0714. The predicted molar refractivity (Wildman–Crippen MR) is 289 cm³/mol. The van der Waals surface area contributed by atoms with Crippen LogP contribution in [0, 0.1) is 0 Å². The lowest BCUT2D eigenvalue weighted by atomic mass is 10.0. The number of carbonyl (C=O) groups is 3. The molecule has 0 fully saturated rings. The molecule has 0 aliphatic carbocycles. The van der Waals surface area contributed by atoms with Gasteiger partial charge in [-0.3, -0.25) is 14.4 Å². The Bertz CT molecular complexity index is 1080. The van der Waals surface area contributed by atoms with Gasteiger partial charge in [0.1, 0.15) is 13.2 Å². The van der Waals surface area contributed by atoms with Crippen molar-refractivity contribution in [2.75, 3.05) is 13.2 Å². The van der Waals surface area contributed by atoms with Gasteiger partial charge < -0.3 is 14.2 Å². The van der Waals surface area contributed by atoms with E-state index in [1.54, 1.807) is 0 Å². The zero-order valence-corrected chi connectivity index (χ0v) is 45.2. The summed E-state index contributed by atoms with van der Waals surface area (Å²) in [6.07, 6.45) is 66.0. The van der Waals surface area contributed by atoms with Crippen LogP contribution in [0.15, 0.2) is 24.3 Å². The van der Waals surface area contributed by atoms with Crippen LogP contribution in [0.2, 0.25) is 0 Å². The SMILES string of the molecule is CCCCCCCC/C=C\CCCCCCCC(=O)O[C@@H](COC(=O)CCCCCCCCC/C=C\CCCCCCCCCC)COC(=O)CCCCCCCCCCCCCCCCC. The van der Waals surface area contributed by atoms with E-state index < -0.39 is 6.10 Å². The molecule has 0 amide bonds. The third-order valence-electron chi connectivity index (χ3n) is 13.4. The van der Waals surface area contributed by atoms with E-state index in [9.17, 15) is 14.4 Å². The van der Waals surface area contributed by atoms with Crippen LogP contribution >= 0.6 is 0 Å². The Morgan fingerprint density at radius 1 is 0.284 bits per heavy atom. The first-order valence-electron chi connectivity index (χ1n) is 29.8. The summed E-state index contributed by atoms with van der Waals surface area (Å²) in [5.41, 5.74) is 0. The van der Waals surface area contributed by atoms with E-state index >= 15 is 0 Å². The molecule has 0 saturated carbocycles. The van der Waals surface area contributed by atoms with Crippen LogP contribution in [-0.4, -0.2) is 37.2 Å². The Hall–Kier alpha value is -2.11. The molecule has 0 unspecified atom stereocenters. The highest BCUT2D eigenvalue weighted by Crippen LogP contribution is 2.17. The van der Waals surface area contributed by atoms with Crippen molar-refractivity contribution in [3.63, 3.8) is 0 Å². The second kappa shape index (κ2) is 56.5. The van der Waals surface area contributed by atoms with Crippen molar-refractivity contribution in [3.05, 3.63) is 24.3 Å². The van der Waals surface area contributed by atoms with Crippen molar-refractivity contribution in [3.8, 4) is 0 Å². The smallest absolute Gasteiger partial charge is 0.306 e. The van der Waals surface area contributed by atoms with E-state index in [4.69, 9.17) is 14.2 Å². The van der Waals surface area contributed by atoms with Crippen LogP contribution in [0.4, 0.5) is 0 Å². The van der Waals surface area contributed by atoms with Crippen molar-refractivity contribution in [1.82, 2.24) is 0 Å². The second-order valence-corrected chi connectivity index (χ2v) is 20.3. The van der Waals surface area contributed by atoms with Gasteiger partial charge >= 0.3 is 17.9 Å². The molecular formula is C61H114O6. The van der Waals surface area contributed by atoms with E-state index in [1.165, 1.54) is 225 Å². The lowest BCUT2D eigenvalue weighted by Gasteiger charge is -2.18. The summed E-state index contributed by atoms with van der Waals surface area (Å²) >= 11 is 0. The maximum atomic E-state index is 12.9. The van der Waals surface area contributed by atoms with Crippen molar-refractivity contribution in [2.45, 2.75) is 335 Å². The number of carbonyl (C=O) groups excluding carboxylic acids is 3. The average Bonchev–Trinajstić information content (AvgIpc) is 3.33. The van der Waals surface area contributed by atoms with Gasteiger partial charge in [0.05, 0.1) is 0 Å². The third kappa shape index (κ3) is 54.7. The van der Waals surface area contributed by atoms with Crippen molar-refractivity contribution < 1.29 is 28.6 Å². The van der Waals surface area contributed by atoms with Gasteiger partial charge in [-0.25, -0.2) is 0 Å².